The second kappa shape index (κ2) is 5.81. The summed E-state index contributed by atoms with van der Waals surface area (Å²) in [5.74, 6) is 0. The average Bonchev–Trinajstić information content (AvgIpc) is 2.38. The summed E-state index contributed by atoms with van der Waals surface area (Å²) in [6, 6.07) is 2.63. The van der Waals surface area contributed by atoms with Crippen LogP contribution in [0.2, 0.25) is 0 Å². The fourth-order valence-corrected chi connectivity index (χ4v) is 2.75. The highest BCUT2D eigenvalue weighted by atomic mass is 16.3. The lowest BCUT2D eigenvalue weighted by molar-refractivity contribution is -0.00860. The van der Waals surface area contributed by atoms with E-state index in [2.05, 4.69) is 23.3 Å². The van der Waals surface area contributed by atoms with Crippen LogP contribution in [0.25, 0.3) is 0 Å². The number of nitrogens with one attached hydrogen (secondary N) is 1. The number of hydrogen-bond donors (Lipinski definition) is 2. The third-order valence-corrected chi connectivity index (χ3v) is 3.91. The summed E-state index contributed by atoms with van der Waals surface area (Å²) in [6.07, 6.45) is 8.57. The first-order valence-corrected chi connectivity index (χ1v) is 7.02. The lowest BCUT2D eigenvalue weighted by Gasteiger charge is -2.36. The fraction of sp³-hybridized carbons (Fsp3) is 0.667. The average molecular weight is 248 g/mol. The highest BCUT2D eigenvalue weighted by Gasteiger charge is 2.34. The van der Waals surface area contributed by atoms with Gasteiger partial charge in [-0.15, -0.1) is 0 Å². The van der Waals surface area contributed by atoms with Crippen LogP contribution in [-0.2, 0) is 5.60 Å². The first-order chi connectivity index (χ1) is 8.64. The maximum atomic E-state index is 10.7. The molecular weight excluding hydrogens is 224 g/mol. The number of pyridine rings is 1. The van der Waals surface area contributed by atoms with Crippen LogP contribution in [0.3, 0.4) is 0 Å². The largest absolute Gasteiger partial charge is 0.385 e. The molecule has 2 rings (SSSR count). The van der Waals surface area contributed by atoms with E-state index in [0.717, 1.165) is 43.4 Å². The molecule has 0 aliphatic heterocycles. The van der Waals surface area contributed by atoms with Crippen molar-refractivity contribution in [3.63, 3.8) is 0 Å². The Morgan fingerprint density at radius 3 is 2.72 bits per heavy atom. The van der Waals surface area contributed by atoms with Gasteiger partial charge in [0.2, 0.25) is 0 Å². The van der Waals surface area contributed by atoms with Gasteiger partial charge < -0.3 is 10.4 Å². The van der Waals surface area contributed by atoms with Crippen LogP contribution < -0.4 is 5.32 Å². The molecule has 0 atom stereocenters. The Morgan fingerprint density at radius 1 is 1.39 bits per heavy atom. The van der Waals surface area contributed by atoms with Crippen molar-refractivity contribution in [1.82, 2.24) is 10.3 Å². The molecule has 0 saturated heterocycles. The third-order valence-electron chi connectivity index (χ3n) is 3.91. The van der Waals surface area contributed by atoms with Crippen LogP contribution in [0.5, 0.6) is 0 Å². The van der Waals surface area contributed by atoms with E-state index in [9.17, 15) is 5.11 Å². The molecule has 0 bridgehead atoms. The molecule has 1 aromatic rings. The van der Waals surface area contributed by atoms with Gasteiger partial charge in [-0.25, -0.2) is 0 Å². The summed E-state index contributed by atoms with van der Waals surface area (Å²) in [7, 11) is 0. The maximum Gasteiger partial charge on any atom is 0.0912 e. The van der Waals surface area contributed by atoms with Crippen molar-refractivity contribution in [1.29, 1.82) is 0 Å². The molecule has 0 aromatic carbocycles. The smallest absolute Gasteiger partial charge is 0.0912 e. The summed E-state index contributed by atoms with van der Waals surface area (Å²) in [4.78, 5) is 4.20. The Labute approximate surface area is 110 Å². The van der Waals surface area contributed by atoms with E-state index < -0.39 is 5.60 Å². The topological polar surface area (TPSA) is 45.1 Å². The second-order valence-electron chi connectivity index (χ2n) is 5.51. The summed E-state index contributed by atoms with van der Waals surface area (Å²) in [5.41, 5.74) is 1.44. The SMILES string of the molecule is CCCNC1CCC(O)(c2cncc(C)c2)CC1. The molecular formula is C15H24N2O. The minimum atomic E-state index is -0.663. The molecule has 1 fully saturated rings. The molecule has 1 aromatic heterocycles. The van der Waals surface area contributed by atoms with E-state index in [1.54, 1.807) is 0 Å². The summed E-state index contributed by atoms with van der Waals surface area (Å²) >= 11 is 0. The van der Waals surface area contributed by atoms with Gasteiger partial charge in [-0.2, -0.15) is 0 Å². The lowest BCUT2D eigenvalue weighted by atomic mass is 9.78. The zero-order chi connectivity index (χ0) is 13.0. The molecule has 0 amide bonds. The number of aromatic nitrogens is 1. The van der Waals surface area contributed by atoms with Gasteiger partial charge in [0.15, 0.2) is 0 Å². The Hall–Kier alpha value is -0.930. The van der Waals surface area contributed by atoms with Crippen molar-refractivity contribution in [2.45, 2.75) is 57.6 Å². The summed E-state index contributed by atoms with van der Waals surface area (Å²) < 4.78 is 0. The van der Waals surface area contributed by atoms with Crippen LogP contribution in [0.15, 0.2) is 18.5 Å². The minimum Gasteiger partial charge on any atom is -0.385 e. The Bertz CT molecular complexity index is 384. The van der Waals surface area contributed by atoms with Gasteiger partial charge in [0.25, 0.3) is 0 Å². The van der Waals surface area contributed by atoms with E-state index in [1.807, 2.05) is 19.3 Å². The van der Waals surface area contributed by atoms with Crippen molar-refractivity contribution >= 4 is 0 Å². The normalized spacial score (nSPS) is 28.3. The lowest BCUT2D eigenvalue weighted by Crippen LogP contribution is -2.40. The summed E-state index contributed by atoms with van der Waals surface area (Å²) in [5, 5.41) is 14.3. The van der Waals surface area contributed by atoms with Crippen molar-refractivity contribution in [2.24, 2.45) is 0 Å². The maximum absolute atomic E-state index is 10.7. The summed E-state index contributed by atoms with van der Waals surface area (Å²) in [6.45, 7) is 5.29. The number of aliphatic hydroxyl groups is 1. The number of hydrogen-bond acceptors (Lipinski definition) is 3. The van der Waals surface area contributed by atoms with Gasteiger partial charge >= 0.3 is 0 Å². The Kier molecular flexibility index (Phi) is 4.36. The number of rotatable bonds is 4. The molecule has 1 aliphatic rings. The van der Waals surface area contributed by atoms with Crippen molar-refractivity contribution in [3.05, 3.63) is 29.6 Å². The molecule has 1 aliphatic carbocycles. The zero-order valence-electron chi connectivity index (χ0n) is 11.4. The van der Waals surface area contributed by atoms with E-state index in [0.29, 0.717) is 6.04 Å². The second-order valence-corrected chi connectivity index (χ2v) is 5.51. The van der Waals surface area contributed by atoms with E-state index in [-0.39, 0.29) is 0 Å². The van der Waals surface area contributed by atoms with E-state index in [1.165, 1.54) is 6.42 Å². The van der Waals surface area contributed by atoms with Crippen molar-refractivity contribution < 1.29 is 5.11 Å². The molecule has 100 valence electrons. The monoisotopic (exact) mass is 248 g/mol. The third kappa shape index (κ3) is 3.09. The molecule has 0 spiro atoms. The van der Waals surface area contributed by atoms with Crippen molar-refractivity contribution in [2.75, 3.05) is 6.54 Å². The van der Waals surface area contributed by atoms with Gasteiger partial charge in [-0.1, -0.05) is 13.0 Å². The predicted octanol–water partition coefficient (Wildman–Crippen LogP) is 2.52. The predicted molar refractivity (Wildman–Crippen MR) is 73.4 cm³/mol. The van der Waals surface area contributed by atoms with Gasteiger partial charge in [0.1, 0.15) is 0 Å². The van der Waals surface area contributed by atoms with Crippen molar-refractivity contribution in [3.8, 4) is 0 Å². The molecule has 1 heterocycles. The molecule has 0 unspecified atom stereocenters. The van der Waals surface area contributed by atoms with Gasteiger partial charge in [0.05, 0.1) is 5.60 Å². The van der Waals surface area contributed by atoms with Crippen LogP contribution >= 0.6 is 0 Å². The minimum absolute atomic E-state index is 0.572. The molecule has 3 heteroatoms. The van der Waals surface area contributed by atoms with Gasteiger partial charge in [-0.05, 0) is 51.1 Å². The van der Waals surface area contributed by atoms with E-state index >= 15 is 0 Å². The van der Waals surface area contributed by atoms with Crippen LogP contribution in [0.1, 0.15) is 50.2 Å². The quantitative estimate of drug-likeness (QED) is 0.860. The fourth-order valence-electron chi connectivity index (χ4n) is 2.75. The molecule has 18 heavy (non-hydrogen) atoms. The van der Waals surface area contributed by atoms with Gasteiger partial charge in [0, 0.05) is 24.0 Å². The first-order valence-electron chi connectivity index (χ1n) is 7.02. The Morgan fingerprint density at radius 2 is 2.11 bits per heavy atom. The molecule has 2 N–H and O–H groups in total. The molecule has 3 nitrogen and oxygen atoms in total. The van der Waals surface area contributed by atoms with Crippen LogP contribution in [0, 0.1) is 6.92 Å². The van der Waals surface area contributed by atoms with Crippen LogP contribution in [-0.4, -0.2) is 22.7 Å². The Balaban J connectivity index is 1.98. The van der Waals surface area contributed by atoms with E-state index in [4.69, 9.17) is 0 Å². The van der Waals surface area contributed by atoms with Crippen LogP contribution in [0.4, 0.5) is 0 Å². The standard InChI is InChI=1S/C15H24N2O/c1-3-8-17-14-4-6-15(18,7-5-14)13-9-12(2)10-16-11-13/h9-11,14,17-18H,3-8H2,1-2H3. The molecule has 0 radical (unpaired) electrons. The highest BCUT2D eigenvalue weighted by Crippen LogP contribution is 2.36. The highest BCUT2D eigenvalue weighted by molar-refractivity contribution is 5.23. The number of aryl methyl sites for hydroxylation is 1. The zero-order valence-corrected chi connectivity index (χ0v) is 11.4. The molecule has 1 saturated carbocycles. The first kappa shape index (κ1) is 13.5. The number of nitrogens with zero attached hydrogens (tertiary/aromatic N) is 1. The van der Waals surface area contributed by atoms with Gasteiger partial charge in [-0.3, -0.25) is 4.98 Å².